The van der Waals surface area contributed by atoms with Crippen molar-refractivity contribution in [1.29, 1.82) is 0 Å². The van der Waals surface area contributed by atoms with Crippen molar-refractivity contribution in [3.63, 3.8) is 0 Å². The van der Waals surface area contributed by atoms with E-state index in [1.807, 2.05) is 0 Å². The molecule has 0 fully saturated rings. The molecule has 0 aliphatic carbocycles. The number of carbonyl (C=O) groups excluding carboxylic acids is 1. The molecular weight excluding hydrogens is 207 g/mol. The van der Waals surface area contributed by atoms with E-state index in [-0.39, 0.29) is 4.90 Å². The molecule has 0 aliphatic rings. The van der Waals surface area contributed by atoms with Crippen LogP contribution in [0.5, 0.6) is 0 Å². The normalized spacial score (nSPS) is 11.4. The fourth-order valence-electron chi connectivity index (χ4n) is 0.727. The molecular formula is C5H4F3N3OS. The molecule has 13 heavy (non-hydrogen) atoms. The SMILES string of the molecule is CC(=O)N(c1csnn1)C(F)(F)F. The smallest absolute Gasteiger partial charge is 0.275 e. The Kier molecular flexibility index (Phi) is 2.50. The second-order valence-electron chi connectivity index (χ2n) is 2.09. The standard InChI is InChI=1S/C5H4F3N3OS/c1-3(12)11(5(6,7)8)4-2-13-10-9-4/h2H,1H3. The predicted molar refractivity (Wildman–Crippen MR) is 39.1 cm³/mol. The van der Waals surface area contributed by atoms with Crippen LogP contribution in [0.1, 0.15) is 6.92 Å². The number of nitrogens with zero attached hydrogens (tertiary/aromatic N) is 3. The molecule has 72 valence electrons. The highest BCUT2D eigenvalue weighted by molar-refractivity contribution is 7.03. The minimum atomic E-state index is -4.75. The van der Waals surface area contributed by atoms with E-state index in [2.05, 4.69) is 9.59 Å². The molecule has 0 aliphatic heterocycles. The van der Waals surface area contributed by atoms with Gasteiger partial charge in [-0.2, -0.15) is 0 Å². The van der Waals surface area contributed by atoms with E-state index in [4.69, 9.17) is 0 Å². The van der Waals surface area contributed by atoms with Crippen LogP contribution in [0.2, 0.25) is 0 Å². The Balaban J connectivity index is 3.01. The summed E-state index contributed by atoms with van der Waals surface area (Å²) in [5, 5.41) is 4.21. The number of amides is 1. The molecule has 0 saturated heterocycles. The van der Waals surface area contributed by atoms with Crippen molar-refractivity contribution in [1.82, 2.24) is 9.59 Å². The van der Waals surface area contributed by atoms with Crippen LogP contribution in [-0.4, -0.2) is 21.8 Å². The summed E-state index contributed by atoms with van der Waals surface area (Å²) in [5.74, 6) is -1.63. The summed E-state index contributed by atoms with van der Waals surface area (Å²) in [4.78, 5) is 10.3. The van der Waals surface area contributed by atoms with Crippen molar-refractivity contribution < 1.29 is 18.0 Å². The highest BCUT2D eigenvalue weighted by Gasteiger charge is 2.41. The van der Waals surface area contributed by atoms with Gasteiger partial charge in [0.25, 0.3) is 0 Å². The molecule has 1 aromatic rings. The summed E-state index contributed by atoms with van der Waals surface area (Å²) in [5.41, 5.74) is 0. The molecule has 0 aromatic carbocycles. The zero-order valence-corrected chi connectivity index (χ0v) is 7.19. The van der Waals surface area contributed by atoms with Gasteiger partial charge in [-0.3, -0.25) is 4.79 Å². The Morgan fingerprint density at radius 2 is 2.23 bits per heavy atom. The van der Waals surface area contributed by atoms with Gasteiger partial charge in [0.15, 0.2) is 5.82 Å². The Labute approximate surface area is 75.1 Å². The highest BCUT2D eigenvalue weighted by Crippen LogP contribution is 2.27. The van der Waals surface area contributed by atoms with E-state index < -0.39 is 18.0 Å². The van der Waals surface area contributed by atoms with Crippen LogP contribution < -0.4 is 4.90 Å². The number of hydrogen-bond acceptors (Lipinski definition) is 4. The zero-order valence-electron chi connectivity index (χ0n) is 6.37. The topological polar surface area (TPSA) is 46.1 Å². The third-order valence-corrected chi connectivity index (χ3v) is 1.64. The maximum atomic E-state index is 12.2. The number of halogens is 3. The Bertz CT molecular complexity index is 296. The first-order chi connectivity index (χ1) is 5.93. The summed E-state index contributed by atoms with van der Waals surface area (Å²) < 4.78 is 39.8. The molecule has 0 N–H and O–H groups in total. The van der Waals surface area contributed by atoms with Gasteiger partial charge in [-0.25, -0.2) is 4.90 Å². The van der Waals surface area contributed by atoms with Gasteiger partial charge in [0, 0.05) is 6.92 Å². The van der Waals surface area contributed by atoms with Crippen molar-refractivity contribution >= 4 is 23.3 Å². The quantitative estimate of drug-likeness (QED) is 0.660. The van der Waals surface area contributed by atoms with E-state index in [0.717, 1.165) is 23.8 Å². The fourth-order valence-corrected chi connectivity index (χ4v) is 1.15. The molecule has 0 radical (unpaired) electrons. The maximum absolute atomic E-state index is 12.2. The summed E-state index contributed by atoms with van der Waals surface area (Å²) in [7, 11) is 0. The Hall–Kier alpha value is -1.18. The van der Waals surface area contributed by atoms with Crippen LogP contribution in [0.3, 0.4) is 0 Å². The van der Waals surface area contributed by atoms with Gasteiger partial charge in [0.2, 0.25) is 5.91 Å². The van der Waals surface area contributed by atoms with Crippen LogP contribution in [0.25, 0.3) is 0 Å². The van der Waals surface area contributed by atoms with E-state index in [1.165, 1.54) is 0 Å². The zero-order chi connectivity index (χ0) is 10.1. The van der Waals surface area contributed by atoms with E-state index >= 15 is 0 Å². The number of carbonyl (C=O) groups is 1. The van der Waals surface area contributed by atoms with Gasteiger partial charge >= 0.3 is 6.30 Å². The average molecular weight is 211 g/mol. The van der Waals surface area contributed by atoms with Crippen molar-refractivity contribution in [3.8, 4) is 0 Å². The third kappa shape index (κ3) is 2.14. The number of anilines is 1. The van der Waals surface area contributed by atoms with Crippen LogP contribution in [0.15, 0.2) is 5.38 Å². The molecule has 1 aromatic heterocycles. The Morgan fingerprint density at radius 3 is 2.54 bits per heavy atom. The lowest BCUT2D eigenvalue weighted by Crippen LogP contribution is -2.41. The summed E-state index contributed by atoms with van der Waals surface area (Å²) >= 11 is 0.746. The van der Waals surface area contributed by atoms with E-state index in [0.29, 0.717) is 0 Å². The molecule has 1 rings (SSSR count). The minimum Gasteiger partial charge on any atom is -0.275 e. The summed E-state index contributed by atoms with van der Waals surface area (Å²) in [6.07, 6.45) is -4.75. The highest BCUT2D eigenvalue weighted by atomic mass is 32.1. The van der Waals surface area contributed by atoms with Gasteiger partial charge in [0.1, 0.15) is 0 Å². The van der Waals surface area contributed by atoms with Crippen molar-refractivity contribution in [3.05, 3.63) is 5.38 Å². The van der Waals surface area contributed by atoms with Gasteiger partial charge < -0.3 is 0 Å². The van der Waals surface area contributed by atoms with Gasteiger partial charge in [0.05, 0.1) is 5.38 Å². The molecule has 1 heterocycles. The summed E-state index contributed by atoms with van der Waals surface area (Å²) in [6.45, 7) is 0.812. The van der Waals surface area contributed by atoms with Crippen LogP contribution in [0.4, 0.5) is 19.0 Å². The van der Waals surface area contributed by atoms with Gasteiger partial charge in [-0.05, 0) is 11.5 Å². The van der Waals surface area contributed by atoms with Crippen molar-refractivity contribution in [2.45, 2.75) is 13.2 Å². The maximum Gasteiger partial charge on any atom is 0.492 e. The molecule has 0 unspecified atom stereocenters. The Morgan fingerprint density at radius 1 is 1.62 bits per heavy atom. The number of hydrogen-bond donors (Lipinski definition) is 0. The largest absolute Gasteiger partial charge is 0.492 e. The lowest BCUT2D eigenvalue weighted by molar-refractivity contribution is -0.148. The predicted octanol–water partition coefficient (Wildman–Crippen LogP) is 1.41. The van der Waals surface area contributed by atoms with E-state index in [1.54, 1.807) is 0 Å². The first-order valence-corrected chi connectivity index (χ1v) is 3.91. The van der Waals surface area contributed by atoms with Crippen LogP contribution >= 0.6 is 11.5 Å². The number of alkyl halides is 3. The van der Waals surface area contributed by atoms with Gasteiger partial charge in [-0.1, -0.05) is 4.49 Å². The summed E-state index contributed by atoms with van der Waals surface area (Å²) in [6, 6.07) is 0. The first kappa shape index (κ1) is 9.90. The second-order valence-corrected chi connectivity index (χ2v) is 2.70. The molecule has 4 nitrogen and oxygen atoms in total. The molecule has 0 saturated carbocycles. The van der Waals surface area contributed by atoms with Crippen molar-refractivity contribution in [2.24, 2.45) is 0 Å². The van der Waals surface area contributed by atoms with Crippen molar-refractivity contribution in [2.75, 3.05) is 4.90 Å². The van der Waals surface area contributed by atoms with Crippen LogP contribution in [-0.2, 0) is 4.79 Å². The molecule has 8 heteroatoms. The minimum absolute atomic E-state index is 0.365. The fraction of sp³-hybridized carbons (Fsp3) is 0.400. The molecule has 0 spiro atoms. The average Bonchev–Trinajstić information content (AvgIpc) is 2.34. The monoisotopic (exact) mass is 211 g/mol. The molecule has 0 atom stereocenters. The lowest BCUT2D eigenvalue weighted by Gasteiger charge is -2.19. The second kappa shape index (κ2) is 3.29. The lowest BCUT2D eigenvalue weighted by atomic mass is 10.5. The third-order valence-electron chi connectivity index (χ3n) is 1.15. The first-order valence-electron chi connectivity index (χ1n) is 3.07. The molecule has 0 bridgehead atoms. The van der Waals surface area contributed by atoms with E-state index in [9.17, 15) is 18.0 Å². The molecule has 1 amide bonds. The van der Waals surface area contributed by atoms with Gasteiger partial charge in [-0.15, -0.1) is 18.3 Å². The van der Waals surface area contributed by atoms with Crippen LogP contribution in [0, 0.1) is 0 Å². The number of aromatic nitrogens is 2. The number of rotatable bonds is 1.